The van der Waals surface area contributed by atoms with E-state index < -0.39 is 0 Å². The maximum atomic E-state index is 12.4. The van der Waals surface area contributed by atoms with Gasteiger partial charge in [0.05, 0.1) is 11.4 Å². The monoisotopic (exact) mass is 340 g/mol. The Bertz CT molecular complexity index is 812. The number of thiophene rings is 1. The quantitative estimate of drug-likeness (QED) is 0.521. The Kier molecular flexibility index (Phi) is 4.69. The van der Waals surface area contributed by atoms with Gasteiger partial charge in [-0.25, -0.2) is 0 Å². The molecule has 0 aliphatic carbocycles. The minimum atomic E-state index is -0.160. The van der Waals surface area contributed by atoms with Crippen LogP contribution in [-0.4, -0.2) is 12.2 Å². The number of amides is 1. The van der Waals surface area contributed by atoms with Crippen molar-refractivity contribution < 1.29 is 4.79 Å². The van der Waals surface area contributed by atoms with Gasteiger partial charge in [-0.05, 0) is 59.7 Å². The molecule has 3 N–H and O–H groups in total. The van der Waals surface area contributed by atoms with Gasteiger partial charge in [0.15, 0.2) is 0 Å². The van der Waals surface area contributed by atoms with Gasteiger partial charge in [-0.1, -0.05) is 12.1 Å². The first-order chi connectivity index (χ1) is 11.2. The summed E-state index contributed by atoms with van der Waals surface area (Å²) < 4.78 is 0. The van der Waals surface area contributed by atoms with Gasteiger partial charge in [-0.2, -0.15) is 0 Å². The lowest BCUT2D eigenvalue weighted by Crippen LogP contribution is -2.13. The van der Waals surface area contributed by atoms with Crippen LogP contribution < -0.4 is 11.1 Å². The van der Waals surface area contributed by atoms with Crippen molar-refractivity contribution >= 4 is 40.4 Å². The number of benzene rings is 2. The summed E-state index contributed by atoms with van der Waals surface area (Å²) in [6, 6.07) is 17.3. The summed E-state index contributed by atoms with van der Waals surface area (Å²) in [7, 11) is 0. The van der Waals surface area contributed by atoms with Crippen LogP contribution in [0.3, 0.4) is 0 Å². The zero-order chi connectivity index (χ0) is 16.2. The molecule has 23 heavy (non-hydrogen) atoms. The maximum Gasteiger partial charge on any atom is 0.255 e. The predicted octanol–water partition coefficient (Wildman–Crippen LogP) is 4.97. The van der Waals surface area contributed by atoms with Crippen LogP contribution in [0.5, 0.6) is 0 Å². The molecule has 0 saturated carbocycles. The minimum Gasteiger partial charge on any atom is -0.397 e. The third-order valence-electron chi connectivity index (χ3n) is 3.46. The molecule has 0 saturated heterocycles. The lowest BCUT2D eigenvalue weighted by Gasteiger charge is -2.10. The van der Waals surface area contributed by atoms with Crippen molar-refractivity contribution in [2.24, 2.45) is 0 Å². The second-order valence-electron chi connectivity index (χ2n) is 4.96. The molecule has 0 aliphatic heterocycles. The first-order valence-corrected chi connectivity index (χ1v) is 9.16. The Morgan fingerprint density at radius 2 is 1.91 bits per heavy atom. The van der Waals surface area contributed by atoms with E-state index in [1.54, 1.807) is 23.1 Å². The van der Waals surface area contributed by atoms with Gasteiger partial charge in [0, 0.05) is 15.3 Å². The Hall–Kier alpha value is -2.24. The van der Waals surface area contributed by atoms with Crippen molar-refractivity contribution in [3.8, 4) is 10.4 Å². The van der Waals surface area contributed by atoms with Crippen molar-refractivity contribution in [2.75, 3.05) is 17.3 Å². The fraction of sp³-hybridized carbons (Fsp3) is 0.0556. The summed E-state index contributed by atoms with van der Waals surface area (Å²) in [6.45, 7) is 0. The lowest BCUT2D eigenvalue weighted by molar-refractivity contribution is 0.102. The van der Waals surface area contributed by atoms with Crippen molar-refractivity contribution in [1.29, 1.82) is 0 Å². The molecule has 0 fully saturated rings. The summed E-state index contributed by atoms with van der Waals surface area (Å²) in [4.78, 5) is 14.7. The standard InChI is InChI=1S/C18H16N2OS2/c1-22-14-7-4-12(5-8-14)18(21)20-16-11-13(6-9-15(16)19)17-3-2-10-23-17/h2-11H,19H2,1H3,(H,20,21). The van der Waals surface area contributed by atoms with Gasteiger partial charge in [0.25, 0.3) is 5.91 Å². The normalized spacial score (nSPS) is 10.5. The molecule has 1 amide bonds. The summed E-state index contributed by atoms with van der Waals surface area (Å²) in [5.41, 5.74) is 8.85. The van der Waals surface area contributed by atoms with Crippen molar-refractivity contribution in [2.45, 2.75) is 4.90 Å². The van der Waals surface area contributed by atoms with E-state index >= 15 is 0 Å². The highest BCUT2D eigenvalue weighted by molar-refractivity contribution is 7.98. The fourth-order valence-corrected chi connectivity index (χ4v) is 3.33. The van der Waals surface area contributed by atoms with Crippen LogP contribution in [0, 0.1) is 0 Å². The van der Waals surface area contributed by atoms with E-state index in [4.69, 9.17) is 5.73 Å². The summed E-state index contributed by atoms with van der Waals surface area (Å²) >= 11 is 3.30. The molecule has 0 atom stereocenters. The molecule has 5 heteroatoms. The lowest BCUT2D eigenvalue weighted by atomic mass is 10.1. The highest BCUT2D eigenvalue weighted by Crippen LogP contribution is 2.30. The number of anilines is 2. The fourth-order valence-electron chi connectivity index (χ4n) is 2.20. The summed E-state index contributed by atoms with van der Waals surface area (Å²) in [6.07, 6.45) is 2.01. The van der Waals surface area contributed by atoms with Crippen LogP contribution in [-0.2, 0) is 0 Å². The number of rotatable bonds is 4. The highest BCUT2D eigenvalue weighted by atomic mass is 32.2. The second kappa shape index (κ2) is 6.89. The number of thioether (sulfide) groups is 1. The van der Waals surface area contributed by atoms with Crippen LogP contribution in [0.4, 0.5) is 11.4 Å². The maximum absolute atomic E-state index is 12.4. The molecular weight excluding hydrogens is 324 g/mol. The van der Waals surface area contributed by atoms with Gasteiger partial charge in [0.1, 0.15) is 0 Å². The molecule has 0 unspecified atom stereocenters. The summed E-state index contributed by atoms with van der Waals surface area (Å²) in [5, 5.41) is 4.93. The zero-order valence-corrected chi connectivity index (χ0v) is 14.2. The number of hydrogen-bond donors (Lipinski definition) is 2. The number of nitrogens with one attached hydrogen (secondary N) is 1. The molecular formula is C18H16N2OS2. The molecule has 1 heterocycles. The van der Waals surface area contributed by atoms with E-state index in [1.165, 1.54) is 0 Å². The Balaban J connectivity index is 1.83. The van der Waals surface area contributed by atoms with Crippen LogP contribution in [0.15, 0.2) is 64.9 Å². The molecule has 0 bridgehead atoms. The molecule has 0 radical (unpaired) electrons. The number of nitrogens with two attached hydrogens (primary N) is 1. The first-order valence-electron chi connectivity index (χ1n) is 7.06. The number of carbonyl (C=O) groups excluding carboxylic acids is 1. The van der Waals surface area contributed by atoms with Crippen LogP contribution >= 0.6 is 23.1 Å². The molecule has 116 valence electrons. The molecule has 3 nitrogen and oxygen atoms in total. The Labute approximate surface area is 143 Å². The van der Waals surface area contributed by atoms with E-state index in [9.17, 15) is 4.79 Å². The molecule has 1 aromatic heterocycles. The van der Waals surface area contributed by atoms with Crippen molar-refractivity contribution in [3.05, 3.63) is 65.5 Å². The second-order valence-corrected chi connectivity index (χ2v) is 6.79. The largest absolute Gasteiger partial charge is 0.397 e. The van der Waals surface area contributed by atoms with Gasteiger partial charge in [-0.3, -0.25) is 4.79 Å². The molecule has 0 spiro atoms. The van der Waals surface area contributed by atoms with Crippen molar-refractivity contribution in [3.63, 3.8) is 0 Å². The third-order valence-corrected chi connectivity index (χ3v) is 5.12. The zero-order valence-electron chi connectivity index (χ0n) is 12.6. The average molecular weight is 340 g/mol. The van der Waals surface area contributed by atoms with Crippen LogP contribution in [0.1, 0.15) is 10.4 Å². The minimum absolute atomic E-state index is 0.160. The molecule has 2 aromatic carbocycles. The highest BCUT2D eigenvalue weighted by Gasteiger charge is 2.10. The van der Waals surface area contributed by atoms with E-state index in [2.05, 4.69) is 5.32 Å². The van der Waals surface area contributed by atoms with Gasteiger partial charge >= 0.3 is 0 Å². The summed E-state index contributed by atoms with van der Waals surface area (Å²) in [5.74, 6) is -0.160. The van der Waals surface area contributed by atoms with E-state index in [1.807, 2.05) is 66.2 Å². The van der Waals surface area contributed by atoms with Crippen molar-refractivity contribution in [1.82, 2.24) is 0 Å². The molecule has 0 aliphatic rings. The van der Waals surface area contributed by atoms with Gasteiger partial charge < -0.3 is 11.1 Å². The Morgan fingerprint density at radius 3 is 2.57 bits per heavy atom. The SMILES string of the molecule is CSc1ccc(C(=O)Nc2cc(-c3cccs3)ccc2N)cc1. The van der Waals surface area contributed by atoms with Crippen LogP contribution in [0.2, 0.25) is 0 Å². The Morgan fingerprint density at radius 1 is 1.13 bits per heavy atom. The van der Waals surface area contributed by atoms with Crippen LogP contribution in [0.25, 0.3) is 10.4 Å². The number of carbonyl (C=O) groups is 1. The van der Waals surface area contributed by atoms with Gasteiger partial charge in [-0.15, -0.1) is 23.1 Å². The number of nitrogen functional groups attached to an aromatic ring is 1. The first kappa shape index (κ1) is 15.6. The smallest absolute Gasteiger partial charge is 0.255 e. The van der Waals surface area contributed by atoms with E-state index in [-0.39, 0.29) is 5.91 Å². The molecule has 3 rings (SSSR count). The average Bonchev–Trinajstić information content (AvgIpc) is 3.11. The third kappa shape index (κ3) is 3.57. The predicted molar refractivity (Wildman–Crippen MR) is 100 cm³/mol. The number of hydrogen-bond acceptors (Lipinski definition) is 4. The topological polar surface area (TPSA) is 55.1 Å². The van der Waals surface area contributed by atoms with E-state index in [0.717, 1.165) is 15.3 Å². The van der Waals surface area contributed by atoms with E-state index in [0.29, 0.717) is 16.9 Å². The van der Waals surface area contributed by atoms with Gasteiger partial charge in [0.2, 0.25) is 0 Å². The molecule has 3 aromatic rings.